The Labute approximate surface area is 163 Å². The fourth-order valence-corrected chi connectivity index (χ4v) is 3.64. The molecule has 27 heavy (non-hydrogen) atoms. The van der Waals surface area contributed by atoms with Crippen LogP contribution in [-0.4, -0.2) is 67.0 Å². The minimum Gasteiger partial charge on any atom is -0.466 e. The molecule has 1 atom stereocenters. The minimum absolute atomic E-state index is 0.0263. The van der Waals surface area contributed by atoms with Crippen molar-refractivity contribution in [1.29, 1.82) is 0 Å². The van der Waals surface area contributed by atoms with Crippen molar-refractivity contribution in [2.24, 2.45) is 5.92 Å². The van der Waals surface area contributed by atoms with Crippen molar-refractivity contribution in [1.82, 2.24) is 9.80 Å². The topological polar surface area (TPSA) is 70.2 Å². The van der Waals surface area contributed by atoms with Gasteiger partial charge in [0, 0.05) is 36.9 Å². The van der Waals surface area contributed by atoms with Gasteiger partial charge in [-0.05, 0) is 44.0 Å². The highest BCUT2D eigenvalue weighted by Gasteiger charge is 2.34. The lowest BCUT2D eigenvalue weighted by atomic mass is 9.98. The van der Waals surface area contributed by atoms with Gasteiger partial charge in [0.1, 0.15) is 6.54 Å². The number of anilines is 1. The Balaban J connectivity index is 1.57. The summed E-state index contributed by atoms with van der Waals surface area (Å²) >= 11 is 5.90. The number of hydrogen-bond donors (Lipinski definition) is 0. The van der Waals surface area contributed by atoms with Gasteiger partial charge >= 0.3 is 12.0 Å². The van der Waals surface area contributed by atoms with Gasteiger partial charge in [0.15, 0.2) is 0 Å². The van der Waals surface area contributed by atoms with Crippen LogP contribution in [0.5, 0.6) is 0 Å². The van der Waals surface area contributed by atoms with Crippen LogP contribution in [0.4, 0.5) is 10.5 Å². The number of rotatable bonds is 5. The molecule has 2 aliphatic rings. The van der Waals surface area contributed by atoms with Crippen LogP contribution in [0.1, 0.15) is 19.8 Å². The van der Waals surface area contributed by atoms with Crippen LogP contribution in [0, 0.1) is 5.92 Å². The third kappa shape index (κ3) is 4.53. The summed E-state index contributed by atoms with van der Waals surface area (Å²) in [5.74, 6) is -0.654. The molecule has 0 spiro atoms. The first-order chi connectivity index (χ1) is 13.0. The highest BCUT2D eigenvalue weighted by Crippen LogP contribution is 2.23. The molecule has 0 aromatic heterocycles. The third-order valence-electron chi connectivity index (χ3n) is 4.95. The molecule has 3 rings (SSSR count). The fourth-order valence-electron chi connectivity index (χ4n) is 3.51. The highest BCUT2D eigenvalue weighted by molar-refractivity contribution is 6.30. The van der Waals surface area contributed by atoms with Gasteiger partial charge in [-0.3, -0.25) is 14.5 Å². The van der Waals surface area contributed by atoms with Crippen molar-refractivity contribution in [2.45, 2.75) is 19.8 Å². The van der Waals surface area contributed by atoms with Gasteiger partial charge in [-0.15, -0.1) is 0 Å². The average molecular weight is 394 g/mol. The zero-order valence-electron chi connectivity index (χ0n) is 15.4. The normalized spacial score (nSPS) is 20.1. The second-order valence-corrected chi connectivity index (χ2v) is 7.20. The van der Waals surface area contributed by atoms with E-state index in [1.165, 1.54) is 0 Å². The summed E-state index contributed by atoms with van der Waals surface area (Å²) in [6, 6.07) is 6.87. The zero-order valence-corrected chi connectivity index (χ0v) is 16.2. The maximum atomic E-state index is 12.7. The molecule has 2 saturated heterocycles. The standard InChI is InChI=1S/C19H24ClN3O4/c1-2-27-18(25)14-4-3-9-21(12-14)17(24)13-22-10-11-23(19(22)26)16-7-5-15(20)6-8-16/h5-8,14H,2-4,9-13H2,1H3. The van der Waals surface area contributed by atoms with Gasteiger partial charge in [0.25, 0.3) is 0 Å². The number of ether oxygens (including phenoxy) is 1. The maximum Gasteiger partial charge on any atom is 0.325 e. The predicted octanol–water partition coefficient (Wildman–Crippen LogP) is 2.38. The largest absolute Gasteiger partial charge is 0.466 e. The van der Waals surface area contributed by atoms with Gasteiger partial charge in [0.05, 0.1) is 12.5 Å². The van der Waals surface area contributed by atoms with E-state index in [1.54, 1.807) is 45.9 Å². The number of carbonyl (C=O) groups is 3. The monoisotopic (exact) mass is 393 g/mol. The molecule has 2 fully saturated rings. The second-order valence-electron chi connectivity index (χ2n) is 6.76. The van der Waals surface area contributed by atoms with Crippen LogP contribution in [0.2, 0.25) is 5.02 Å². The Morgan fingerprint density at radius 3 is 2.63 bits per heavy atom. The smallest absolute Gasteiger partial charge is 0.325 e. The van der Waals surface area contributed by atoms with E-state index in [0.29, 0.717) is 37.8 Å². The van der Waals surface area contributed by atoms with Crippen molar-refractivity contribution in [3.05, 3.63) is 29.3 Å². The predicted molar refractivity (Wildman–Crippen MR) is 102 cm³/mol. The molecule has 1 aromatic carbocycles. The van der Waals surface area contributed by atoms with E-state index in [1.807, 2.05) is 0 Å². The second kappa shape index (κ2) is 8.61. The lowest BCUT2D eigenvalue weighted by Crippen LogP contribution is -2.47. The number of urea groups is 1. The maximum absolute atomic E-state index is 12.7. The van der Waals surface area contributed by atoms with Gasteiger partial charge in [-0.1, -0.05) is 11.6 Å². The van der Waals surface area contributed by atoms with Crippen LogP contribution in [0.15, 0.2) is 24.3 Å². The number of hydrogen-bond acceptors (Lipinski definition) is 4. The molecule has 0 bridgehead atoms. The summed E-state index contributed by atoms with van der Waals surface area (Å²) in [7, 11) is 0. The van der Waals surface area contributed by atoms with E-state index in [0.717, 1.165) is 18.5 Å². The molecule has 3 amide bonds. The summed E-state index contributed by atoms with van der Waals surface area (Å²) in [6.07, 6.45) is 1.50. The minimum atomic E-state index is -0.275. The van der Waals surface area contributed by atoms with Crippen molar-refractivity contribution in [3.8, 4) is 0 Å². The number of esters is 1. The molecule has 1 aromatic rings. The van der Waals surface area contributed by atoms with Crippen molar-refractivity contribution >= 4 is 35.2 Å². The Bertz CT molecular complexity index is 709. The number of benzene rings is 1. The quantitative estimate of drug-likeness (QED) is 0.720. The Morgan fingerprint density at radius 2 is 1.93 bits per heavy atom. The Hall–Kier alpha value is -2.28. The number of amides is 3. The van der Waals surface area contributed by atoms with E-state index < -0.39 is 0 Å². The number of likely N-dealkylation sites (tertiary alicyclic amines) is 1. The first-order valence-electron chi connectivity index (χ1n) is 9.26. The molecular formula is C19H24ClN3O4. The summed E-state index contributed by atoms with van der Waals surface area (Å²) in [6.45, 7) is 4.12. The number of nitrogens with zero attached hydrogens (tertiary/aromatic N) is 3. The van der Waals surface area contributed by atoms with Crippen LogP contribution >= 0.6 is 11.6 Å². The number of piperidine rings is 1. The number of halogens is 1. The molecule has 2 aliphatic heterocycles. The summed E-state index contributed by atoms with van der Waals surface area (Å²) in [4.78, 5) is 42.1. The van der Waals surface area contributed by atoms with Crippen LogP contribution < -0.4 is 4.90 Å². The Kier molecular flexibility index (Phi) is 6.21. The van der Waals surface area contributed by atoms with Crippen molar-refractivity contribution in [3.63, 3.8) is 0 Å². The van der Waals surface area contributed by atoms with E-state index in [4.69, 9.17) is 16.3 Å². The summed E-state index contributed by atoms with van der Waals surface area (Å²) < 4.78 is 5.07. The summed E-state index contributed by atoms with van der Waals surface area (Å²) in [5, 5.41) is 0.610. The highest BCUT2D eigenvalue weighted by atomic mass is 35.5. The molecule has 1 unspecified atom stereocenters. The van der Waals surface area contributed by atoms with Gasteiger partial charge in [-0.2, -0.15) is 0 Å². The number of carbonyl (C=O) groups excluding carboxylic acids is 3. The fraction of sp³-hybridized carbons (Fsp3) is 0.526. The lowest BCUT2D eigenvalue weighted by molar-refractivity contribution is -0.151. The van der Waals surface area contributed by atoms with Crippen molar-refractivity contribution < 1.29 is 19.1 Å². The molecule has 0 radical (unpaired) electrons. The molecule has 2 heterocycles. The first-order valence-corrected chi connectivity index (χ1v) is 9.63. The van der Waals surface area contributed by atoms with Gasteiger partial charge < -0.3 is 14.5 Å². The summed E-state index contributed by atoms with van der Waals surface area (Å²) in [5.41, 5.74) is 0.764. The molecule has 146 valence electrons. The molecule has 0 N–H and O–H groups in total. The lowest BCUT2D eigenvalue weighted by Gasteiger charge is -2.32. The third-order valence-corrected chi connectivity index (χ3v) is 5.21. The van der Waals surface area contributed by atoms with Crippen LogP contribution in [-0.2, 0) is 14.3 Å². The van der Waals surface area contributed by atoms with Gasteiger partial charge in [-0.25, -0.2) is 4.79 Å². The zero-order chi connectivity index (χ0) is 19.4. The van der Waals surface area contributed by atoms with E-state index >= 15 is 0 Å². The first kappa shape index (κ1) is 19.5. The van der Waals surface area contributed by atoms with E-state index in [9.17, 15) is 14.4 Å². The van der Waals surface area contributed by atoms with Crippen molar-refractivity contribution in [2.75, 3.05) is 44.2 Å². The molecule has 0 aliphatic carbocycles. The van der Waals surface area contributed by atoms with Crippen LogP contribution in [0.3, 0.4) is 0 Å². The molecule has 7 nitrogen and oxygen atoms in total. The van der Waals surface area contributed by atoms with E-state index in [-0.39, 0.29) is 30.4 Å². The van der Waals surface area contributed by atoms with Gasteiger partial charge in [0.2, 0.25) is 5.91 Å². The van der Waals surface area contributed by atoms with Crippen LogP contribution in [0.25, 0.3) is 0 Å². The molecular weight excluding hydrogens is 370 g/mol. The average Bonchev–Trinajstić information content (AvgIpc) is 3.03. The molecule has 8 heteroatoms. The molecule has 0 saturated carbocycles. The SMILES string of the molecule is CCOC(=O)C1CCCN(C(=O)CN2CCN(c3ccc(Cl)cc3)C2=O)C1. The Morgan fingerprint density at radius 1 is 1.19 bits per heavy atom. The van der Waals surface area contributed by atoms with E-state index in [2.05, 4.69) is 0 Å².